The molecule has 6 heteroatoms. The lowest BCUT2D eigenvalue weighted by Crippen LogP contribution is -2.09. The van der Waals surface area contributed by atoms with E-state index in [0.29, 0.717) is 0 Å². The van der Waals surface area contributed by atoms with Gasteiger partial charge in [0.15, 0.2) is 0 Å². The molecular formula is C11H5BrF4O. The Kier molecular flexibility index (Phi) is 2.99. The Bertz CT molecular complexity index is 531. The van der Waals surface area contributed by atoms with E-state index in [1.54, 1.807) is 6.07 Å². The van der Waals surface area contributed by atoms with E-state index in [4.69, 9.17) is 4.42 Å². The molecule has 0 N–H and O–H groups in total. The van der Waals surface area contributed by atoms with Crippen molar-refractivity contribution in [2.75, 3.05) is 0 Å². The quantitative estimate of drug-likeness (QED) is 0.685. The van der Waals surface area contributed by atoms with Crippen molar-refractivity contribution in [2.45, 2.75) is 6.18 Å². The summed E-state index contributed by atoms with van der Waals surface area (Å²) >= 11 is 2.77. The molecule has 0 radical (unpaired) electrons. The SMILES string of the molecule is Fc1ccc(-c2ccco2)c(Br)c1C(F)(F)F. The van der Waals surface area contributed by atoms with Crippen LogP contribution < -0.4 is 0 Å². The Morgan fingerprint density at radius 1 is 1.12 bits per heavy atom. The molecule has 0 saturated carbocycles. The fraction of sp³-hybridized carbons (Fsp3) is 0.0909. The highest BCUT2D eigenvalue weighted by atomic mass is 79.9. The molecule has 2 rings (SSSR count). The van der Waals surface area contributed by atoms with Crippen LogP contribution in [-0.2, 0) is 6.18 Å². The van der Waals surface area contributed by atoms with Crippen LogP contribution in [0.25, 0.3) is 11.3 Å². The summed E-state index contributed by atoms with van der Waals surface area (Å²) in [6, 6.07) is 5.04. The first kappa shape index (κ1) is 12.2. The Morgan fingerprint density at radius 2 is 1.82 bits per heavy atom. The van der Waals surface area contributed by atoms with Gasteiger partial charge in [0, 0.05) is 10.0 Å². The molecule has 1 aromatic carbocycles. The van der Waals surface area contributed by atoms with E-state index >= 15 is 0 Å². The van der Waals surface area contributed by atoms with Crippen LogP contribution in [0.15, 0.2) is 39.4 Å². The second-order valence-electron chi connectivity index (χ2n) is 3.26. The lowest BCUT2D eigenvalue weighted by atomic mass is 10.1. The van der Waals surface area contributed by atoms with Gasteiger partial charge in [-0.1, -0.05) is 0 Å². The molecule has 0 aliphatic heterocycles. The molecule has 0 bridgehead atoms. The minimum absolute atomic E-state index is 0.156. The maximum absolute atomic E-state index is 13.2. The van der Waals surface area contributed by atoms with Gasteiger partial charge < -0.3 is 4.42 Å². The number of furan rings is 1. The number of alkyl halides is 3. The average Bonchev–Trinajstić information content (AvgIpc) is 2.68. The summed E-state index contributed by atoms with van der Waals surface area (Å²) in [6.07, 6.45) is -3.43. The second-order valence-corrected chi connectivity index (χ2v) is 4.05. The molecule has 17 heavy (non-hydrogen) atoms. The van der Waals surface area contributed by atoms with Gasteiger partial charge in [0.05, 0.1) is 6.26 Å². The summed E-state index contributed by atoms with van der Waals surface area (Å²) in [5.41, 5.74) is -1.17. The first-order valence-corrected chi connectivity index (χ1v) is 5.29. The van der Waals surface area contributed by atoms with E-state index in [1.165, 1.54) is 18.4 Å². The Morgan fingerprint density at radius 3 is 2.35 bits per heavy atom. The van der Waals surface area contributed by atoms with E-state index in [-0.39, 0.29) is 15.8 Å². The zero-order chi connectivity index (χ0) is 12.6. The molecule has 0 spiro atoms. The molecule has 1 nitrogen and oxygen atoms in total. The molecule has 0 aliphatic carbocycles. The van der Waals surface area contributed by atoms with E-state index in [0.717, 1.165) is 6.07 Å². The maximum Gasteiger partial charge on any atom is 0.420 e. The van der Waals surface area contributed by atoms with Crippen molar-refractivity contribution in [3.05, 3.63) is 46.4 Å². The van der Waals surface area contributed by atoms with Gasteiger partial charge in [0.1, 0.15) is 17.1 Å². The molecule has 1 aromatic heterocycles. The van der Waals surface area contributed by atoms with Crippen molar-refractivity contribution in [3.63, 3.8) is 0 Å². The van der Waals surface area contributed by atoms with Gasteiger partial charge in [0.25, 0.3) is 0 Å². The van der Waals surface area contributed by atoms with Gasteiger partial charge in [0.2, 0.25) is 0 Å². The predicted molar refractivity (Wildman–Crippen MR) is 56.8 cm³/mol. The number of benzene rings is 1. The zero-order valence-corrected chi connectivity index (χ0v) is 9.77. The summed E-state index contributed by atoms with van der Waals surface area (Å²) in [5, 5.41) is 0. The number of hydrogen-bond donors (Lipinski definition) is 0. The lowest BCUT2D eigenvalue weighted by molar-refractivity contribution is -0.140. The van der Waals surface area contributed by atoms with Crippen LogP contribution in [-0.4, -0.2) is 0 Å². The average molecular weight is 309 g/mol. The highest BCUT2D eigenvalue weighted by Gasteiger charge is 2.37. The van der Waals surface area contributed by atoms with E-state index < -0.39 is 17.6 Å². The Labute approximate surface area is 102 Å². The monoisotopic (exact) mass is 308 g/mol. The van der Waals surface area contributed by atoms with Gasteiger partial charge in [-0.15, -0.1) is 0 Å². The summed E-state index contributed by atoms with van der Waals surface area (Å²) in [4.78, 5) is 0. The van der Waals surface area contributed by atoms with Crippen molar-refractivity contribution >= 4 is 15.9 Å². The second kappa shape index (κ2) is 4.18. The van der Waals surface area contributed by atoms with Crippen molar-refractivity contribution in [1.29, 1.82) is 0 Å². The molecule has 0 amide bonds. The molecule has 1 heterocycles. The summed E-state index contributed by atoms with van der Waals surface area (Å²) in [6.45, 7) is 0. The van der Waals surface area contributed by atoms with Crippen molar-refractivity contribution < 1.29 is 22.0 Å². The van der Waals surface area contributed by atoms with Crippen LogP contribution in [0.1, 0.15) is 5.56 Å². The van der Waals surface area contributed by atoms with Crippen molar-refractivity contribution in [2.24, 2.45) is 0 Å². The van der Waals surface area contributed by atoms with Crippen molar-refractivity contribution in [3.8, 4) is 11.3 Å². The normalized spacial score (nSPS) is 11.8. The van der Waals surface area contributed by atoms with Gasteiger partial charge in [-0.05, 0) is 40.2 Å². The van der Waals surface area contributed by atoms with E-state index in [1.807, 2.05) is 0 Å². The first-order valence-electron chi connectivity index (χ1n) is 4.50. The lowest BCUT2D eigenvalue weighted by Gasteiger charge is -2.12. The molecular weight excluding hydrogens is 304 g/mol. The van der Waals surface area contributed by atoms with Gasteiger partial charge in [-0.2, -0.15) is 13.2 Å². The number of hydrogen-bond acceptors (Lipinski definition) is 1. The van der Waals surface area contributed by atoms with Gasteiger partial charge >= 0.3 is 6.18 Å². The zero-order valence-electron chi connectivity index (χ0n) is 8.18. The standard InChI is InChI=1S/C11H5BrF4O/c12-10-6(8-2-1-5-17-8)3-4-7(13)9(10)11(14,15)16/h1-5H. The molecule has 0 fully saturated rings. The predicted octanol–water partition coefficient (Wildman–Crippen LogP) is 4.87. The minimum Gasteiger partial charge on any atom is -0.464 e. The number of rotatable bonds is 1. The van der Waals surface area contributed by atoms with E-state index in [9.17, 15) is 17.6 Å². The van der Waals surface area contributed by atoms with Gasteiger partial charge in [-0.25, -0.2) is 4.39 Å². The first-order chi connectivity index (χ1) is 7.91. The third kappa shape index (κ3) is 2.22. The largest absolute Gasteiger partial charge is 0.464 e. The fourth-order valence-electron chi connectivity index (χ4n) is 1.43. The third-order valence-electron chi connectivity index (χ3n) is 2.16. The molecule has 0 atom stereocenters. The van der Waals surface area contributed by atoms with E-state index in [2.05, 4.69) is 15.9 Å². The highest BCUT2D eigenvalue weighted by Crippen LogP contribution is 2.41. The summed E-state index contributed by atoms with van der Waals surface area (Å²) < 4.78 is 55.7. The Balaban J connectivity index is 2.66. The third-order valence-corrected chi connectivity index (χ3v) is 2.98. The van der Waals surface area contributed by atoms with Gasteiger partial charge in [-0.3, -0.25) is 0 Å². The molecule has 2 aromatic rings. The van der Waals surface area contributed by atoms with Crippen molar-refractivity contribution in [1.82, 2.24) is 0 Å². The molecule has 90 valence electrons. The van der Waals surface area contributed by atoms with Crippen LogP contribution >= 0.6 is 15.9 Å². The molecule has 0 aliphatic rings. The minimum atomic E-state index is -4.76. The molecule has 0 unspecified atom stereocenters. The topological polar surface area (TPSA) is 13.1 Å². The van der Waals surface area contributed by atoms with Crippen LogP contribution in [0, 0.1) is 5.82 Å². The summed E-state index contributed by atoms with van der Waals surface area (Å²) in [5.74, 6) is -1.08. The number of halogens is 5. The fourth-order valence-corrected chi connectivity index (χ4v) is 2.18. The van der Waals surface area contributed by atoms with Crippen LogP contribution in [0.4, 0.5) is 17.6 Å². The van der Waals surface area contributed by atoms with Crippen LogP contribution in [0.5, 0.6) is 0 Å². The summed E-state index contributed by atoms with van der Waals surface area (Å²) in [7, 11) is 0. The maximum atomic E-state index is 13.2. The van der Waals surface area contributed by atoms with Crippen LogP contribution in [0.3, 0.4) is 0 Å². The Hall–Kier alpha value is -1.30. The van der Waals surface area contributed by atoms with Crippen LogP contribution in [0.2, 0.25) is 0 Å². The highest BCUT2D eigenvalue weighted by molar-refractivity contribution is 9.10. The smallest absolute Gasteiger partial charge is 0.420 e. The molecule has 0 saturated heterocycles.